The summed E-state index contributed by atoms with van der Waals surface area (Å²) < 4.78 is 16.0. The van der Waals surface area contributed by atoms with E-state index in [1.807, 2.05) is 39.0 Å². The van der Waals surface area contributed by atoms with Crippen LogP contribution in [0.3, 0.4) is 0 Å². The van der Waals surface area contributed by atoms with Crippen LogP contribution in [0.1, 0.15) is 32.3 Å². The first-order chi connectivity index (χ1) is 13.7. The molecule has 2 atom stereocenters. The number of nitrogens with one attached hydrogen (secondary N) is 2. The second kappa shape index (κ2) is 9.82. The number of amides is 3. The zero-order chi connectivity index (χ0) is 21.6. The van der Waals surface area contributed by atoms with Gasteiger partial charge < -0.3 is 29.7 Å². The van der Waals surface area contributed by atoms with Crippen LogP contribution in [0.4, 0.5) is 4.79 Å². The minimum absolute atomic E-state index is 0.108. The Hall–Kier alpha value is -2.48. The van der Waals surface area contributed by atoms with Crippen LogP contribution in [0.15, 0.2) is 18.2 Å². The average Bonchev–Trinajstić information content (AvgIpc) is 3.11. The summed E-state index contributed by atoms with van der Waals surface area (Å²) in [7, 11) is 4.74. The lowest BCUT2D eigenvalue weighted by Gasteiger charge is -2.25. The van der Waals surface area contributed by atoms with Crippen molar-refractivity contribution in [3.05, 3.63) is 23.8 Å². The number of nitrogens with zero attached hydrogens (tertiary/aromatic N) is 1. The lowest BCUT2D eigenvalue weighted by atomic mass is 9.87. The Bertz CT molecular complexity index is 717. The third-order valence-corrected chi connectivity index (χ3v) is 4.86. The summed E-state index contributed by atoms with van der Waals surface area (Å²) in [6.45, 7) is 7.37. The number of benzene rings is 1. The van der Waals surface area contributed by atoms with Gasteiger partial charge in [-0.15, -0.1) is 0 Å². The number of likely N-dealkylation sites (tertiary alicyclic amines) is 1. The highest BCUT2D eigenvalue weighted by Crippen LogP contribution is 2.42. The van der Waals surface area contributed by atoms with Gasteiger partial charge in [0.2, 0.25) is 5.91 Å². The van der Waals surface area contributed by atoms with E-state index in [-0.39, 0.29) is 23.4 Å². The third-order valence-electron chi connectivity index (χ3n) is 4.86. The molecule has 162 valence electrons. The topological polar surface area (TPSA) is 89.1 Å². The van der Waals surface area contributed by atoms with Crippen LogP contribution in [0.25, 0.3) is 0 Å². The van der Waals surface area contributed by atoms with E-state index in [0.717, 1.165) is 5.56 Å². The van der Waals surface area contributed by atoms with Crippen molar-refractivity contribution in [2.45, 2.75) is 32.2 Å². The van der Waals surface area contributed by atoms with E-state index in [0.29, 0.717) is 37.7 Å². The molecular weight excluding hydrogens is 374 g/mol. The highest BCUT2D eigenvalue weighted by molar-refractivity contribution is 5.83. The molecule has 1 fully saturated rings. The normalized spacial score (nSPS) is 19.0. The molecule has 2 rings (SSSR count). The number of para-hydroxylation sites is 1. The Labute approximate surface area is 172 Å². The molecule has 0 aliphatic carbocycles. The van der Waals surface area contributed by atoms with Gasteiger partial charge in [-0.05, 0) is 26.8 Å². The molecule has 0 aromatic heterocycles. The van der Waals surface area contributed by atoms with Gasteiger partial charge in [-0.3, -0.25) is 4.79 Å². The Morgan fingerprint density at radius 2 is 1.86 bits per heavy atom. The summed E-state index contributed by atoms with van der Waals surface area (Å²) in [6.07, 6.45) is 0. The molecule has 0 unspecified atom stereocenters. The Morgan fingerprint density at radius 3 is 2.45 bits per heavy atom. The van der Waals surface area contributed by atoms with Gasteiger partial charge >= 0.3 is 6.03 Å². The van der Waals surface area contributed by atoms with Gasteiger partial charge in [-0.1, -0.05) is 12.1 Å². The van der Waals surface area contributed by atoms with Crippen molar-refractivity contribution in [2.24, 2.45) is 5.92 Å². The molecule has 1 aromatic rings. The van der Waals surface area contributed by atoms with Crippen LogP contribution >= 0.6 is 0 Å². The molecule has 0 spiro atoms. The Morgan fingerprint density at radius 1 is 1.14 bits per heavy atom. The minimum atomic E-state index is -0.404. The summed E-state index contributed by atoms with van der Waals surface area (Å²) >= 11 is 0. The maximum absolute atomic E-state index is 12.9. The van der Waals surface area contributed by atoms with Crippen molar-refractivity contribution in [3.63, 3.8) is 0 Å². The smallest absolute Gasteiger partial charge is 0.317 e. The maximum atomic E-state index is 12.9. The zero-order valence-electron chi connectivity index (χ0n) is 18.2. The molecule has 0 saturated carbocycles. The van der Waals surface area contributed by atoms with Crippen LogP contribution in [0, 0.1) is 5.92 Å². The second-order valence-electron chi connectivity index (χ2n) is 8.16. The quantitative estimate of drug-likeness (QED) is 0.675. The molecule has 1 aliphatic rings. The van der Waals surface area contributed by atoms with Crippen molar-refractivity contribution in [1.29, 1.82) is 0 Å². The first-order valence-electron chi connectivity index (χ1n) is 9.76. The van der Waals surface area contributed by atoms with E-state index < -0.39 is 5.92 Å². The number of carbonyl (C=O) groups excluding carboxylic acids is 2. The third kappa shape index (κ3) is 5.76. The van der Waals surface area contributed by atoms with Gasteiger partial charge in [-0.2, -0.15) is 0 Å². The van der Waals surface area contributed by atoms with Gasteiger partial charge in [0.25, 0.3) is 0 Å². The number of methoxy groups -OCH3 is 3. The van der Waals surface area contributed by atoms with E-state index in [2.05, 4.69) is 10.6 Å². The van der Waals surface area contributed by atoms with Crippen molar-refractivity contribution >= 4 is 11.9 Å². The standard InChI is InChI=1S/C21H33N3O5/c1-21(2,3)23-20(26)24-12-15(16(13-24)19(25)22-10-11-27-4)14-8-7-9-17(28-5)18(14)29-6/h7-9,15-16H,10-13H2,1-6H3,(H,22,25)(H,23,26)/t15-,16-/m1/s1. The fraction of sp³-hybridized carbons (Fsp3) is 0.619. The van der Waals surface area contributed by atoms with E-state index in [1.54, 1.807) is 26.2 Å². The number of ether oxygens (including phenoxy) is 3. The summed E-state index contributed by atoms with van der Waals surface area (Å²) in [6, 6.07) is 5.42. The Kier molecular flexibility index (Phi) is 7.73. The van der Waals surface area contributed by atoms with Crippen LogP contribution in [0.2, 0.25) is 0 Å². The van der Waals surface area contributed by atoms with Crippen LogP contribution in [-0.4, -0.2) is 69.9 Å². The number of hydrogen-bond acceptors (Lipinski definition) is 5. The first-order valence-corrected chi connectivity index (χ1v) is 9.76. The molecule has 8 heteroatoms. The fourth-order valence-corrected chi connectivity index (χ4v) is 3.56. The summed E-state index contributed by atoms with van der Waals surface area (Å²) in [4.78, 5) is 27.4. The first kappa shape index (κ1) is 22.8. The predicted octanol–water partition coefficient (Wildman–Crippen LogP) is 1.99. The van der Waals surface area contributed by atoms with Gasteiger partial charge in [0.05, 0.1) is 26.7 Å². The lowest BCUT2D eigenvalue weighted by Crippen LogP contribution is -2.48. The van der Waals surface area contributed by atoms with Gasteiger partial charge in [-0.25, -0.2) is 4.79 Å². The number of rotatable bonds is 7. The molecular formula is C21H33N3O5. The van der Waals surface area contributed by atoms with Crippen molar-refractivity contribution < 1.29 is 23.8 Å². The highest BCUT2D eigenvalue weighted by atomic mass is 16.5. The zero-order valence-corrected chi connectivity index (χ0v) is 18.2. The Balaban J connectivity index is 2.33. The van der Waals surface area contributed by atoms with Gasteiger partial charge in [0.1, 0.15) is 0 Å². The molecule has 1 heterocycles. The van der Waals surface area contributed by atoms with E-state index >= 15 is 0 Å². The molecule has 8 nitrogen and oxygen atoms in total. The van der Waals surface area contributed by atoms with Crippen molar-refractivity contribution in [2.75, 3.05) is 47.6 Å². The number of carbonyl (C=O) groups is 2. The number of urea groups is 1. The van der Waals surface area contributed by atoms with Crippen LogP contribution < -0.4 is 20.1 Å². The van der Waals surface area contributed by atoms with E-state index in [1.165, 1.54) is 0 Å². The van der Waals surface area contributed by atoms with Crippen molar-refractivity contribution in [3.8, 4) is 11.5 Å². The molecule has 1 saturated heterocycles. The SMILES string of the molecule is COCCNC(=O)[C@@H]1CN(C(=O)NC(C)(C)C)C[C@@H]1c1cccc(OC)c1OC. The molecule has 3 amide bonds. The van der Waals surface area contributed by atoms with Crippen LogP contribution in [-0.2, 0) is 9.53 Å². The van der Waals surface area contributed by atoms with Gasteiger partial charge in [0.15, 0.2) is 11.5 Å². The molecule has 29 heavy (non-hydrogen) atoms. The summed E-state index contributed by atoms with van der Waals surface area (Å²) in [5, 5.41) is 5.88. The number of hydrogen-bond donors (Lipinski definition) is 2. The van der Waals surface area contributed by atoms with E-state index in [9.17, 15) is 9.59 Å². The second-order valence-corrected chi connectivity index (χ2v) is 8.16. The molecule has 0 bridgehead atoms. The van der Waals surface area contributed by atoms with E-state index in [4.69, 9.17) is 14.2 Å². The monoisotopic (exact) mass is 407 g/mol. The van der Waals surface area contributed by atoms with Crippen LogP contribution in [0.5, 0.6) is 11.5 Å². The molecule has 1 aromatic carbocycles. The predicted molar refractivity (Wildman–Crippen MR) is 111 cm³/mol. The summed E-state index contributed by atoms with van der Waals surface area (Å²) in [5.41, 5.74) is 0.490. The lowest BCUT2D eigenvalue weighted by molar-refractivity contribution is -0.125. The largest absolute Gasteiger partial charge is 0.493 e. The minimum Gasteiger partial charge on any atom is -0.493 e. The van der Waals surface area contributed by atoms with Gasteiger partial charge in [0, 0.05) is 43.8 Å². The molecule has 2 N–H and O–H groups in total. The maximum Gasteiger partial charge on any atom is 0.317 e. The molecule has 0 radical (unpaired) electrons. The summed E-state index contributed by atoms with van der Waals surface area (Å²) in [5.74, 6) is 0.462. The average molecular weight is 408 g/mol. The molecule has 1 aliphatic heterocycles. The highest BCUT2D eigenvalue weighted by Gasteiger charge is 2.42. The van der Waals surface area contributed by atoms with Crippen molar-refractivity contribution in [1.82, 2.24) is 15.5 Å². The fourth-order valence-electron chi connectivity index (χ4n) is 3.56.